The van der Waals surface area contributed by atoms with E-state index in [1.807, 2.05) is 24.3 Å². The largest absolute Gasteiger partial charge is 0.426 e. The number of nitrogens with zero attached hydrogens (tertiary/aromatic N) is 2. The number of aromatic nitrogens is 2. The van der Waals surface area contributed by atoms with Crippen LogP contribution in [-0.2, 0) is 4.79 Å². The van der Waals surface area contributed by atoms with Crippen LogP contribution < -0.4 is 4.74 Å². The zero-order valence-electron chi connectivity index (χ0n) is 18.0. The first-order chi connectivity index (χ1) is 14.1. The molecule has 1 aliphatic carbocycles. The fraction of sp³-hybridized carbons (Fsp3) is 0.625. The Morgan fingerprint density at radius 3 is 2.48 bits per heavy atom. The maximum atomic E-state index is 12.6. The lowest BCUT2D eigenvalue weighted by atomic mass is 9.80. The molecule has 0 amide bonds. The summed E-state index contributed by atoms with van der Waals surface area (Å²) in [5.74, 6) is 1.84. The summed E-state index contributed by atoms with van der Waals surface area (Å²) < 4.78 is 5.67. The maximum Gasteiger partial charge on any atom is 0.314 e. The van der Waals surface area contributed by atoms with Crippen molar-refractivity contribution in [1.82, 2.24) is 10.2 Å². The Kier molecular flexibility index (Phi) is 8.22. The molecule has 5 heteroatoms. The summed E-state index contributed by atoms with van der Waals surface area (Å²) in [7, 11) is 0. The molecule has 0 aliphatic heterocycles. The quantitative estimate of drug-likeness (QED) is 0.251. The van der Waals surface area contributed by atoms with Gasteiger partial charge in [0.2, 0.25) is 0 Å². The van der Waals surface area contributed by atoms with Crippen molar-refractivity contribution >= 4 is 17.3 Å². The fourth-order valence-corrected chi connectivity index (χ4v) is 4.94. The Morgan fingerprint density at radius 2 is 1.83 bits per heavy atom. The van der Waals surface area contributed by atoms with Crippen LogP contribution in [0, 0.1) is 11.8 Å². The second-order valence-electron chi connectivity index (χ2n) is 8.41. The van der Waals surface area contributed by atoms with Crippen molar-refractivity contribution in [2.24, 2.45) is 11.8 Å². The Balaban J connectivity index is 1.50. The van der Waals surface area contributed by atoms with E-state index in [0.717, 1.165) is 53.6 Å². The van der Waals surface area contributed by atoms with Crippen molar-refractivity contribution in [2.45, 2.75) is 84.5 Å². The molecule has 1 aromatic heterocycles. The topological polar surface area (TPSA) is 52.1 Å². The molecule has 1 fully saturated rings. The first kappa shape index (κ1) is 21.9. The van der Waals surface area contributed by atoms with Crippen molar-refractivity contribution in [1.29, 1.82) is 0 Å². The predicted octanol–water partition coefficient (Wildman–Crippen LogP) is 7.01. The molecule has 1 saturated carbocycles. The second kappa shape index (κ2) is 10.9. The van der Waals surface area contributed by atoms with Crippen LogP contribution in [0.5, 0.6) is 5.75 Å². The molecular weight excluding hydrogens is 380 g/mol. The van der Waals surface area contributed by atoms with Gasteiger partial charge in [0.15, 0.2) is 0 Å². The summed E-state index contributed by atoms with van der Waals surface area (Å²) in [4.78, 5) is 12.6. The molecule has 2 aromatic rings. The highest BCUT2D eigenvalue weighted by Gasteiger charge is 2.27. The van der Waals surface area contributed by atoms with Gasteiger partial charge in [-0.15, -0.1) is 10.2 Å². The molecule has 3 rings (SSSR count). The van der Waals surface area contributed by atoms with Crippen molar-refractivity contribution < 1.29 is 9.53 Å². The zero-order valence-corrected chi connectivity index (χ0v) is 18.8. The number of ether oxygens (including phenoxy) is 1. The summed E-state index contributed by atoms with van der Waals surface area (Å²) in [6, 6.07) is 7.67. The molecule has 0 N–H and O–H groups in total. The van der Waals surface area contributed by atoms with E-state index in [4.69, 9.17) is 4.74 Å². The van der Waals surface area contributed by atoms with Crippen LogP contribution in [0.2, 0.25) is 0 Å². The number of carbonyl (C=O) groups excluding carboxylic acids is 1. The van der Waals surface area contributed by atoms with Crippen LogP contribution in [0.3, 0.4) is 0 Å². The fourth-order valence-electron chi connectivity index (χ4n) is 3.96. The smallest absolute Gasteiger partial charge is 0.314 e. The minimum absolute atomic E-state index is 0.0540. The Bertz CT molecular complexity index is 763. The first-order valence-electron chi connectivity index (χ1n) is 11.3. The van der Waals surface area contributed by atoms with Crippen LogP contribution in [0.15, 0.2) is 24.3 Å². The Hall–Kier alpha value is -1.75. The molecular formula is C24H34N2O2S. The van der Waals surface area contributed by atoms with Crippen LogP contribution in [0.25, 0.3) is 10.6 Å². The third-order valence-electron chi connectivity index (χ3n) is 6.19. The van der Waals surface area contributed by atoms with Gasteiger partial charge >= 0.3 is 5.97 Å². The third kappa shape index (κ3) is 6.11. The molecule has 158 valence electrons. The number of hydrogen-bond acceptors (Lipinski definition) is 5. The van der Waals surface area contributed by atoms with Gasteiger partial charge in [-0.2, -0.15) is 0 Å². The standard InChI is InChI=1S/C24H34N2O2S/c1-4-6-7-8-18-9-11-20(12-10-18)24(27)28-21-15-13-19(14-16-21)23-26-25-22(29-23)17(3)5-2/h13-18,20H,4-12H2,1-3H3. The van der Waals surface area contributed by atoms with Gasteiger partial charge < -0.3 is 4.74 Å². The van der Waals surface area contributed by atoms with Crippen molar-refractivity contribution in [2.75, 3.05) is 0 Å². The minimum Gasteiger partial charge on any atom is -0.426 e. The minimum atomic E-state index is -0.0697. The molecule has 1 unspecified atom stereocenters. The maximum absolute atomic E-state index is 12.6. The third-order valence-corrected chi connectivity index (χ3v) is 7.39. The van der Waals surface area contributed by atoms with E-state index in [1.165, 1.54) is 25.7 Å². The predicted molar refractivity (Wildman–Crippen MR) is 119 cm³/mol. The van der Waals surface area contributed by atoms with Gasteiger partial charge in [0, 0.05) is 11.5 Å². The lowest BCUT2D eigenvalue weighted by Gasteiger charge is -2.27. The number of rotatable bonds is 9. The monoisotopic (exact) mass is 414 g/mol. The number of benzene rings is 1. The number of esters is 1. The molecule has 0 radical (unpaired) electrons. The molecule has 0 spiro atoms. The average molecular weight is 415 g/mol. The van der Waals surface area contributed by atoms with E-state index in [-0.39, 0.29) is 11.9 Å². The molecule has 29 heavy (non-hydrogen) atoms. The lowest BCUT2D eigenvalue weighted by molar-refractivity contribution is -0.140. The van der Waals surface area contributed by atoms with E-state index in [0.29, 0.717) is 11.7 Å². The van der Waals surface area contributed by atoms with Gasteiger partial charge in [-0.3, -0.25) is 4.79 Å². The molecule has 1 atom stereocenters. The van der Waals surface area contributed by atoms with Crippen LogP contribution in [0.1, 0.15) is 89.5 Å². The SMILES string of the molecule is CCCCCC1CCC(C(=O)Oc2ccc(-c3nnc(C(C)CC)s3)cc2)CC1. The number of carbonyl (C=O) groups is 1. The molecule has 1 heterocycles. The molecule has 1 aromatic carbocycles. The first-order valence-corrected chi connectivity index (χ1v) is 12.1. The van der Waals surface area contributed by atoms with Crippen LogP contribution >= 0.6 is 11.3 Å². The van der Waals surface area contributed by atoms with Gasteiger partial charge in [-0.1, -0.05) is 57.8 Å². The van der Waals surface area contributed by atoms with Gasteiger partial charge in [0.25, 0.3) is 0 Å². The highest BCUT2D eigenvalue weighted by Crippen LogP contribution is 2.34. The van der Waals surface area contributed by atoms with E-state index >= 15 is 0 Å². The summed E-state index contributed by atoms with van der Waals surface area (Å²) in [6.45, 7) is 6.58. The van der Waals surface area contributed by atoms with E-state index < -0.39 is 0 Å². The summed E-state index contributed by atoms with van der Waals surface area (Å²) in [5.41, 5.74) is 1.02. The highest BCUT2D eigenvalue weighted by atomic mass is 32.1. The van der Waals surface area contributed by atoms with Crippen molar-refractivity contribution in [3.05, 3.63) is 29.3 Å². The molecule has 0 saturated heterocycles. The Morgan fingerprint density at radius 1 is 1.10 bits per heavy atom. The van der Waals surface area contributed by atoms with E-state index in [1.54, 1.807) is 11.3 Å². The summed E-state index contributed by atoms with van der Waals surface area (Å²) in [5, 5.41) is 10.6. The van der Waals surface area contributed by atoms with Gasteiger partial charge in [-0.05, 0) is 62.3 Å². The zero-order chi connectivity index (χ0) is 20.6. The van der Waals surface area contributed by atoms with E-state index in [9.17, 15) is 4.79 Å². The van der Waals surface area contributed by atoms with Gasteiger partial charge in [0.05, 0.1) is 5.92 Å². The average Bonchev–Trinajstić information content (AvgIpc) is 3.24. The number of unbranched alkanes of at least 4 members (excludes halogenated alkanes) is 2. The second-order valence-corrected chi connectivity index (χ2v) is 9.42. The molecule has 4 nitrogen and oxygen atoms in total. The lowest BCUT2D eigenvalue weighted by Crippen LogP contribution is -2.25. The molecule has 0 bridgehead atoms. The van der Waals surface area contributed by atoms with Crippen LogP contribution in [-0.4, -0.2) is 16.2 Å². The highest BCUT2D eigenvalue weighted by molar-refractivity contribution is 7.14. The number of hydrogen-bond donors (Lipinski definition) is 0. The van der Waals surface area contributed by atoms with Crippen molar-refractivity contribution in [3.63, 3.8) is 0 Å². The summed E-state index contributed by atoms with van der Waals surface area (Å²) in [6.07, 6.45) is 10.6. The Labute approximate surface area is 179 Å². The van der Waals surface area contributed by atoms with Gasteiger partial charge in [-0.25, -0.2) is 0 Å². The normalized spacial score (nSPS) is 20.4. The van der Waals surface area contributed by atoms with Gasteiger partial charge in [0.1, 0.15) is 15.8 Å². The van der Waals surface area contributed by atoms with Crippen LogP contribution in [0.4, 0.5) is 0 Å². The van der Waals surface area contributed by atoms with Crippen molar-refractivity contribution in [3.8, 4) is 16.3 Å². The summed E-state index contributed by atoms with van der Waals surface area (Å²) >= 11 is 1.64. The van der Waals surface area contributed by atoms with E-state index in [2.05, 4.69) is 31.0 Å². The molecule has 1 aliphatic rings.